The summed E-state index contributed by atoms with van der Waals surface area (Å²) >= 11 is 5.78. The maximum absolute atomic E-state index is 12.8. The fourth-order valence-electron chi connectivity index (χ4n) is 3.78. The first kappa shape index (κ1) is 28.4. The first-order chi connectivity index (χ1) is 19.2. The van der Waals surface area contributed by atoms with Crippen LogP contribution in [0.2, 0.25) is 5.02 Å². The van der Waals surface area contributed by atoms with Gasteiger partial charge in [-0.3, -0.25) is 9.29 Å². The van der Waals surface area contributed by atoms with Crippen molar-refractivity contribution < 1.29 is 22.6 Å². The molecule has 1 aromatic carbocycles. The highest BCUT2D eigenvalue weighted by Gasteiger charge is 2.24. The molecular weight excluding hydrogens is 560 g/mol. The molecule has 210 valence electrons. The Kier molecular flexibility index (Phi) is 8.60. The highest BCUT2D eigenvalue weighted by atomic mass is 35.5. The second-order valence-electron chi connectivity index (χ2n) is 8.12. The zero-order chi connectivity index (χ0) is 28.9. The number of pyridine rings is 1. The van der Waals surface area contributed by atoms with Crippen LogP contribution in [0.1, 0.15) is 18.4 Å². The van der Waals surface area contributed by atoms with E-state index >= 15 is 0 Å². The number of benzene rings is 1. The first-order valence-corrected chi connectivity index (χ1v) is 13.8. The monoisotopic (exact) mass is 586 g/mol. The molecule has 4 rings (SSSR count). The van der Waals surface area contributed by atoms with Gasteiger partial charge in [0.2, 0.25) is 15.9 Å². The van der Waals surface area contributed by atoms with E-state index in [1.807, 2.05) is 6.92 Å². The van der Waals surface area contributed by atoms with Gasteiger partial charge in [-0.25, -0.2) is 28.4 Å². The van der Waals surface area contributed by atoms with Crippen molar-refractivity contribution in [1.82, 2.24) is 29.2 Å². The lowest BCUT2D eigenvalue weighted by molar-refractivity contribution is 0.327. The number of nitrogens with two attached hydrogens (primary N) is 2. The van der Waals surface area contributed by atoms with Crippen LogP contribution < -0.4 is 30.4 Å². The molecule has 0 spiro atoms. The minimum absolute atomic E-state index is 0.0368. The normalized spacial score (nSPS) is 11.8. The SMILES string of the molecule is CCOc1cccc(-c2nc(N)c(/C=C(\N)NS(=O)(=O)Cc3ncc(Cl)cn3)n2-c2c(OC)cccc2OC)n1. The van der Waals surface area contributed by atoms with Gasteiger partial charge in [0.25, 0.3) is 0 Å². The largest absolute Gasteiger partial charge is 0.494 e. The Hall–Kier alpha value is -4.56. The molecule has 0 bridgehead atoms. The fraction of sp³-hybridized carbons (Fsp3) is 0.200. The number of hydrogen-bond acceptors (Lipinski definition) is 11. The molecular formula is C25H27ClN8O5S. The maximum Gasteiger partial charge on any atom is 0.241 e. The van der Waals surface area contributed by atoms with E-state index in [0.29, 0.717) is 41.2 Å². The lowest BCUT2D eigenvalue weighted by Crippen LogP contribution is -2.29. The molecule has 0 aliphatic rings. The van der Waals surface area contributed by atoms with Crippen molar-refractivity contribution in [2.24, 2.45) is 5.73 Å². The number of anilines is 1. The van der Waals surface area contributed by atoms with E-state index < -0.39 is 15.8 Å². The number of nitrogen functional groups attached to an aromatic ring is 1. The van der Waals surface area contributed by atoms with Crippen LogP contribution in [-0.2, 0) is 15.8 Å². The average molecular weight is 587 g/mol. The lowest BCUT2D eigenvalue weighted by atomic mass is 10.2. The Morgan fingerprint density at radius 3 is 2.35 bits per heavy atom. The molecule has 3 heterocycles. The van der Waals surface area contributed by atoms with E-state index in [4.69, 9.17) is 37.3 Å². The summed E-state index contributed by atoms with van der Waals surface area (Å²) in [4.78, 5) is 16.9. The number of nitrogens with one attached hydrogen (secondary N) is 1. The van der Waals surface area contributed by atoms with Crippen molar-refractivity contribution >= 4 is 33.5 Å². The van der Waals surface area contributed by atoms with Crippen LogP contribution in [0.4, 0.5) is 5.82 Å². The predicted molar refractivity (Wildman–Crippen MR) is 150 cm³/mol. The molecule has 15 heteroatoms. The number of para-hydroxylation sites is 1. The van der Waals surface area contributed by atoms with Crippen molar-refractivity contribution in [2.75, 3.05) is 26.6 Å². The topological polar surface area (TPSA) is 182 Å². The molecule has 0 amide bonds. The molecule has 3 aromatic heterocycles. The first-order valence-electron chi connectivity index (χ1n) is 11.8. The lowest BCUT2D eigenvalue weighted by Gasteiger charge is -2.18. The van der Waals surface area contributed by atoms with Crippen molar-refractivity contribution in [2.45, 2.75) is 12.7 Å². The number of nitrogens with zero attached hydrogens (tertiary/aromatic N) is 5. The molecule has 0 saturated carbocycles. The third-order valence-corrected chi connectivity index (χ3v) is 6.75. The van der Waals surface area contributed by atoms with E-state index in [2.05, 4.69) is 24.7 Å². The van der Waals surface area contributed by atoms with E-state index in [0.717, 1.165) is 0 Å². The molecule has 0 unspecified atom stereocenters. The van der Waals surface area contributed by atoms with Crippen LogP contribution in [-0.4, -0.2) is 53.7 Å². The summed E-state index contributed by atoms with van der Waals surface area (Å²) in [6, 6.07) is 10.4. The molecule has 0 saturated heterocycles. The van der Waals surface area contributed by atoms with Crippen LogP contribution in [0.3, 0.4) is 0 Å². The Morgan fingerprint density at radius 2 is 1.73 bits per heavy atom. The molecule has 0 aliphatic carbocycles. The number of hydrogen-bond donors (Lipinski definition) is 3. The summed E-state index contributed by atoms with van der Waals surface area (Å²) in [7, 11) is -0.994. The smallest absolute Gasteiger partial charge is 0.241 e. The highest BCUT2D eigenvalue weighted by Crippen LogP contribution is 2.38. The number of aromatic nitrogens is 5. The molecule has 0 aliphatic heterocycles. The predicted octanol–water partition coefficient (Wildman–Crippen LogP) is 2.75. The second kappa shape index (κ2) is 12.1. The summed E-state index contributed by atoms with van der Waals surface area (Å²) < 4.78 is 46.3. The van der Waals surface area contributed by atoms with Gasteiger partial charge in [-0.15, -0.1) is 0 Å². The number of sulfonamides is 1. The van der Waals surface area contributed by atoms with Gasteiger partial charge in [0.15, 0.2) is 11.6 Å². The summed E-state index contributed by atoms with van der Waals surface area (Å²) in [6.07, 6.45) is 3.94. The molecule has 0 atom stereocenters. The van der Waals surface area contributed by atoms with E-state index in [1.165, 1.54) is 32.7 Å². The van der Waals surface area contributed by atoms with Gasteiger partial charge in [-0.2, -0.15) is 0 Å². The van der Waals surface area contributed by atoms with Gasteiger partial charge in [0.1, 0.15) is 40.3 Å². The van der Waals surface area contributed by atoms with E-state index in [-0.39, 0.29) is 28.2 Å². The molecule has 13 nitrogen and oxygen atoms in total. The Balaban J connectivity index is 1.85. The van der Waals surface area contributed by atoms with Gasteiger partial charge in [-0.1, -0.05) is 23.7 Å². The number of ether oxygens (including phenoxy) is 3. The molecule has 5 N–H and O–H groups in total. The third kappa shape index (κ3) is 6.35. The number of imidazole rings is 1. The van der Waals surface area contributed by atoms with Crippen LogP contribution in [0.5, 0.6) is 17.4 Å². The van der Waals surface area contributed by atoms with Crippen LogP contribution in [0.25, 0.3) is 23.3 Å². The minimum Gasteiger partial charge on any atom is -0.494 e. The van der Waals surface area contributed by atoms with E-state index in [9.17, 15) is 8.42 Å². The van der Waals surface area contributed by atoms with Crippen LogP contribution in [0.15, 0.2) is 54.6 Å². The summed E-state index contributed by atoms with van der Waals surface area (Å²) in [6.45, 7) is 2.26. The van der Waals surface area contributed by atoms with Gasteiger partial charge in [0, 0.05) is 24.5 Å². The number of halogens is 1. The summed E-state index contributed by atoms with van der Waals surface area (Å²) in [5.74, 6) is 0.837. The Morgan fingerprint density at radius 1 is 1.07 bits per heavy atom. The third-order valence-electron chi connectivity index (χ3n) is 5.37. The van der Waals surface area contributed by atoms with Gasteiger partial charge in [0.05, 0.1) is 31.5 Å². The van der Waals surface area contributed by atoms with Crippen molar-refractivity contribution in [3.8, 4) is 34.6 Å². The van der Waals surface area contributed by atoms with Crippen LogP contribution >= 0.6 is 11.6 Å². The zero-order valence-electron chi connectivity index (χ0n) is 21.8. The van der Waals surface area contributed by atoms with Crippen molar-refractivity contribution in [3.63, 3.8) is 0 Å². The minimum atomic E-state index is -4.00. The summed E-state index contributed by atoms with van der Waals surface area (Å²) in [5.41, 5.74) is 13.6. The molecule has 4 aromatic rings. The van der Waals surface area contributed by atoms with Gasteiger partial charge >= 0.3 is 0 Å². The fourth-order valence-corrected chi connectivity index (χ4v) is 4.86. The number of methoxy groups -OCH3 is 2. The van der Waals surface area contributed by atoms with Gasteiger partial charge in [-0.05, 0) is 25.1 Å². The molecule has 0 fully saturated rings. The maximum atomic E-state index is 12.8. The summed E-state index contributed by atoms with van der Waals surface area (Å²) in [5, 5.41) is 0.279. The molecule has 0 radical (unpaired) electrons. The quantitative estimate of drug-likeness (QED) is 0.235. The number of rotatable bonds is 11. The highest BCUT2D eigenvalue weighted by molar-refractivity contribution is 7.88. The van der Waals surface area contributed by atoms with Crippen molar-refractivity contribution in [3.05, 3.63) is 71.2 Å². The average Bonchev–Trinajstić information content (AvgIpc) is 3.24. The zero-order valence-corrected chi connectivity index (χ0v) is 23.4. The van der Waals surface area contributed by atoms with Crippen molar-refractivity contribution in [1.29, 1.82) is 0 Å². The second-order valence-corrected chi connectivity index (χ2v) is 10.3. The molecule has 40 heavy (non-hydrogen) atoms. The standard InChI is InChI=1S/C25H27ClN8O5S/c1-4-39-22-10-5-7-16(31-22)25-32-24(28)17(34(25)23-18(37-2)8-6-9-19(23)38-3)11-20(27)33-40(35,36)14-21-29-12-15(26)13-30-21/h5-13,33H,4,14,27-28H2,1-3H3/b20-11+. The van der Waals surface area contributed by atoms with Gasteiger partial charge < -0.3 is 25.7 Å². The van der Waals surface area contributed by atoms with Crippen LogP contribution in [0, 0.1) is 0 Å². The van der Waals surface area contributed by atoms with E-state index in [1.54, 1.807) is 41.0 Å². The Bertz CT molecular complexity index is 1620. The Labute approximate surface area is 235 Å².